The number of benzene rings is 2. The first-order chi connectivity index (χ1) is 16.9. The fourth-order valence-corrected chi connectivity index (χ4v) is 4.44. The van der Waals surface area contributed by atoms with E-state index in [0.29, 0.717) is 19.6 Å². The summed E-state index contributed by atoms with van der Waals surface area (Å²) in [7, 11) is 2.94. The lowest BCUT2D eigenvalue weighted by atomic mass is 9.83. The highest BCUT2D eigenvalue weighted by Gasteiger charge is 2.56. The minimum absolute atomic E-state index is 0.0328. The molecule has 192 valence electrons. The van der Waals surface area contributed by atoms with E-state index in [1.165, 1.54) is 43.3 Å². The van der Waals surface area contributed by atoms with Gasteiger partial charge in [-0.15, -0.1) is 0 Å². The van der Waals surface area contributed by atoms with Gasteiger partial charge in [0.15, 0.2) is 5.60 Å². The van der Waals surface area contributed by atoms with Crippen molar-refractivity contribution in [3.8, 4) is 11.8 Å². The molecule has 3 rings (SSSR count). The molecule has 2 aromatic rings. The van der Waals surface area contributed by atoms with Gasteiger partial charge in [-0.3, -0.25) is 9.59 Å². The molecule has 1 atom stereocenters. The van der Waals surface area contributed by atoms with Gasteiger partial charge in [0, 0.05) is 54.8 Å². The summed E-state index contributed by atoms with van der Waals surface area (Å²) in [4.78, 5) is 30.0. The molecule has 10 heteroatoms. The van der Waals surface area contributed by atoms with Crippen molar-refractivity contribution in [3.63, 3.8) is 0 Å². The Morgan fingerprint density at radius 1 is 1.17 bits per heavy atom. The van der Waals surface area contributed by atoms with E-state index in [-0.39, 0.29) is 28.4 Å². The predicted octanol–water partition coefficient (Wildman–Crippen LogP) is 3.72. The number of rotatable bonds is 6. The fraction of sp³-hybridized carbons (Fsp3) is 0.385. The molecule has 36 heavy (non-hydrogen) atoms. The van der Waals surface area contributed by atoms with Gasteiger partial charge in [0.1, 0.15) is 0 Å². The number of hydrogen-bond donors (Lipinski definition) is 1. The highest BCUT2D eigenvalue weighted by Crippen LogP contribution is 2.51. The number of likely N-dealkylation sites (N-methyl/N-ethyl adjacent to an activating group) is 1. The van der Waals surface area contributed by atoms with Crippen molar-refractivity contribution in [3.05, 3.63) is 63.7 Å². The Bertz CT molecular complexity index is 1230. The van der Waals surface area contributed by atoms with Crippen molar-refractivity contribution < 1.29 is 27.9 Å². The van der Waals surface area contributed by atoms with E-state index in [2.05, 4.69) is 11.8 Å². The number of hydrogen-bond acceptors (Lipinski definition) is 4. The molecule has 1 unspecified atom stereocenters. The van der Waals surface area contributed by atoms with Gasteiger partial charge in [0.2, 0.25) is 0 Å². The van der Waals surface area contributed by atoms with E-state index in [1.54, 1.807) is 6.07 Å². The summed E-state index contributed by atoms with van der Waals surface area (Å²) >= 11 is 6.27. The van der Waals surface area contributed by atoms with Crippen LogP contribution in [-0.4, -0.2) is 67.0 Å². The lowest BCUT2D eigenvalue weighted by molar-refractivity contribution is -0.142. The SMILES string of the molecule is CCN(CC)CCN1C(=O)C(O)(c2ccccc2Cl)c2c1cc(C#CC(=O)N(C)C)cc2C(F)(F)F. The summed E-state index contributed by atoms with van der Waals surface area (Å²) in [6.07, 6.45) is -4.93. The molecule has 0 aromatic heterocycles. The molecule has 0 aliphatic carbocycles. The van der Waals surface area contributed by atoms with E-state index in [1.807, 2.05) is 18.7 Å². The van der Waals surface area contributed by atoms with Crippen LogP contribution in [0.3, 0.4) is 0 Å². The first-order valence-electron chi connectivity index (χ1n) is 11.4. The summed E-state index contributed by atoms with van der Waals surface area (Å²) in [5, 5.41) is 11.7. The summed E-state index contributed by atoms with van der Waals surface area (Å²) < 4.78 is 43.1. The molecule has 1 aliphatic heterocycles. The van der Waals surface area contributed by atoms with Crippen molar-refractivity contribution in [2.75, 3.05) is 45.2 Å². The molecule has 1 aliphatic rings. The Morgan fingerprint density at radius 3 is 2.36 bits per heavy atom. The van der Waals surface area contributed by atoms with Gasteiger partial charge in [-0.25, -0.2) is 0 Å². The first kappa shape index (κ1) is 27.5. The summed E-state index contributed by atoms with van der Waals surface area (Å²) in [6.45, 7) is 5.61. The molecule has 6 nitrogen and oxygen atoms in total. The van der Waals surface area contributed by atoms with Crippen LogP contribution in [-0.2, 0) is 21.4 Å². The number of carbonyl (C=O) groups excluding carboxylic acids is 2. The fourth-order valence-electron chi connectivity index (χ4n) is 4.17. The highest BCUT2D eigenvalue weighted by molar-refractivity contribution is 6.32. The molecule has 0 spiro atoms. The number of nitrogens with zero attached hydrogens (tertiary/aromatic N) is 3. The Hall–Kier alpha value is -3.06. The van der Waals surface area contributed by atoms with Crippen molar-refractivity contribution in [1.29, 1.82) is 0 Å². The number of anilines is 1. The Morgan fingerprint density at radius 2 is 1.81 bits per heavy atom. The Balaban J connectivity index is 2.31. The van der Waals surface area contributed by atoms with Crippen LogP contribution in [0.5, 0.6) is 0 Å². The second-order valence-corrected chi connectivity index (χ2v) is 8.95. The van der Waals surface area contributed by atoms with E-state index in [0.717, 1.165) is 11.0 Å². The molecule has 0 fully saturated rings. The van der Waals surface area contributed by atoms with Crippen LogP contribution in [0.25, 0.3) is 0 Å². The molecule has 0 saturated heterocycles. The van der Waals surface area contributed by atoms with Crippen molar-refractivity contribution >= 4 is 29.1 Å². The zero-order chi connectivity index (χ0) is 26.8. The van der Waals surface area contributed by atoms with Gasteiger partial charge in [-0.2, -0.15) is 13.2 Å². The van der Waals surface area contributed by atoms with Gasteiger partial charge >= 0.3 is 6.18 Å². The van der Waals surface area contributed by atoms with Gasteiger partial charge < -0.3 is 19.8 Å². The molecule has 0 radical (unpaired) electrons. The van der Waals surface area contributed by atoms with Crippen LogP contribution in [0, 0.1) is 11.8 Å². The minimum Gasteiger partial charge on any atom is -0.372 e. The monoisotopic (exact) mass is 521 g/mol. The van der Waals surface area contributed by atoms with Crippen LogP contribution < -0.4 is 4.90 Å². The van der Waals surface area contributed by atoms with Crippen LogP contribution in [0.15, 0.2) is 36.4 Å². The van der Waals surface area contributed by atoms with E-state index in [4.69, 9.17) is 11.6 Å². The molecule has 2 aromatic carbocycles. The van der Waals surface area contributed by atoms with Crippen molar-refractivity contribution in [2.24, 2.45) is 0 Å². The maximum absolute atomic E-state index is 14.4. The van der Waals surface area contributed by atoms with E-state index in [9.17, 15) is 27.9 Å². The van der Waals surface area contributed by atoms with Gasteiger partial charge in [0.05, 0.1) is 11.3 Å². The van der Waals surface area contributed by atoms with Crippen LogP contribution in [0.1, 0.15) is 36.1 Å². The topological polar surface area (TPSA) is 64.1 Å². The third-order valence-corrected chi connectivity index (χ3v) is 6.48. The van der Waals surface area contributed by atoms with E-state index >= 15 is 0 Å². The van der Waals surface area contributed by atoms with E-state index < -0.39 is 34.7 Å². The number of amides is 2. The maximum atomic E-state index is 14.4. The summed E-state index contributed by atoms with van der Waals surface area (Å²) in [6, 6.07) is 7.83. The van der Waals surface area contributed by atoms with Crippen LogP contribution >= 0.6 is 11.6 Å². The molecule has 0 saturated carbocycles. The average molecular weight is 522 g/mol. The number of carbonyl (C=O) groups is 2. The third kappa shape index (κ3) is 5.07. The first-order valence-corrected chi connectivity index (χ1v) is 11.7. The Kier molecular flexibility index (Phi) is 8.04. The highest BCUT2D eigenvalue weighted by atomic mass is 35.5. The zero-order valence-electron chi connectivity index (χ0n) is 20.4. The number of aliphatic hydroxyl groups is 1. The lowest BCUT2D eigenvalue weighted by Gasteiger charge is -2.27. The lowest BCUT2D eigenvalue weighted by Crippen LogP contribution is -2.44. The molecule has 2 amide bonds. The molecule has 0 bridgehead atoms. The van der Waals surface area contributed by atoms with Crippen LogP contribution in [0.4, 0.5) is 18.9 Å². The minimum atomic E-state index is -4.93. The smallest absolute Gasteiger partial charge is 0.372 e. The number of alkyl halides is 3. The molecule has 1 heterocycles. The van der Waals surface area contributed by atoms with Crippen molar-refractivity contribution in [2.45, 2.75) is 25.6 Å². The van der Waals surface area contributed by atoms with Crippen LogP contribution in [0.2, 0.25) is 5.02 Å². The largest absolute Gasteiger partial charge is 0.416 e. The standard InChI is InChI=1S/C26H27ClF3N3O3/c1-5-32(6-2)13-14-33-21-16-17(11-12-22(34)31(3)4)15-19(26(28,29)30)23(21)25(36,24(33)35)18-9-7-8-10-20(18)27/h7-10,15-16,36H,5-6,13-14H2,1-4H3. The molecule has 1 N–H and O–H groups in total. The second-order valence-electron chi connectivity index (χ2n) is 8.54. The quantitative estimate of drug-likeness (QED) is 0.589. The zero-order valence-corrected chi connectivity index (χ0v) is 21.2. The summed E-state index contributed by atoms with van der Waals surface area (Å²) in [5.74, 6) is 3.25. The molecular weight excluding hydrogens is 495 g/mol. The van der Waals surface area contributed by atoms with Gasteiger partial charge in [0.25, 0.3) is 11.8 Å². The number of halogens is 4. The predicted molar refractivity (Wildman–Crippen MR) is 132 cm³/mol. The summed E-state index contributed by atoms with van der Waals surface area (Å²) in [5.41, 5.74) is -4.85. The normalized spacial score (nSPS) is 17.2. The third-order valence-electron chi connectivity index (χ3n) is 6.15. The number of fused-ring (bicyclic) bond motifs is 1. The maximum Gasteiger partial charge on any atom is 0.416 e. The van der Waals surface area contributed by atoms with Crippen molar-refractivity contribution in [1.82, 2.24) is 9.80 Å². The van der Waals surface area contributed by atoms with Gasteiger partial charge in [-0.1, -0.05) is 49.6 Å². The average Bonchev–Trinajstić information content (AvgIpc) is 3.04. The second kappa shape index (κ2) is 10.5. The van der Waals surface area contributed by atoms with Gasteiger partial charge in [-0.05, 0) is 31.3 Å². The Labute approximate surface area is 213 Å². The molecular formula is C26H27ClF3N3O3.